The minimum Gasteiger partial charge on any atom is -0.459 e. The van der Waals surface area contributed by atoms with Crippen LogP contribution >= 0.6 is 0 Å². The molecule has 1 aromatic heterocycles. The normalized spacial score (nSPS) is 12.4. The first-order chi connectivity index (χ1) is 12.0. The molecule has 3 aromatic rings. The number of ether oxygens (including phenoxy) is 1. The quantitative estimate of drug-likeness (QED) is 0.663. The first-order valence-electron chi connectivity index (χ1n) is 7.77. The van der Waals surface area contributed by atoms with Crippen molar-refractivity contribution in [2.24, 2.45) is 0 Å². The molecular formula is C19H17F2NO3. The molecule has 25 heavy (non-hydrogen) atoms. The number of alkyl halides is 2. The Labute approximate surface area is 143 Å². The van der Waals surface area contributed by atoms with Gasteiger partial charge in [-0.05, 0) is 31.2 Å². The molecule has 0 fully saturated rings. The van der Waals surface area contributed by atoms with E-state index in [0.29, 0.717) is 5.76 Å². The summed E-state index contributed by atoms with van der Waals surface area (Å²) in [6.07, 6.45) is 0. The number of benzene rings is 2. The third-order valence-corrected chi connectivity index (χ3v) is 4.09. The van der Waals surface area contributed by atoms with Gasteiger partial charge in [-0.3, -0.25) is 4.79 Å². The molecule has 130 valence electrons. The Morgan fingerprint density at radius 2 is 1.80 bits per heavy atom. The van der Waals surface area contributed by atoms with E-state index in [1.165, 1.54) is 23.1 Å². The first-order valence-corrected chi connectivity index (χ1v) is 7.77. The van der Waals surface area contributed by atoms with Crippen molar-refractivity contribution in [3.8, 4) is 5.75 Å². The summed E-state index contributed by atoms with van der Waals surface area (Å²) in [5.74, 6) is 0.0414. The number of carbonyl (C=O) groups excluding carboxylic acids is 1. The highest BCUT2D eigenvalue weighted by Gasteiger charge is 2.24. The number of fused-ring (bicyclic) bond motifs is 1. The summed E-state index contributed by atoms with van der Waals surface area (Å²) >= 11 is 0. The largest absolute Gasteiger partial charge is 0.459 e. The number of nitrogens with zero attached hydrogens (tertiary/aromatic N) is 1. The fourth-order valence-electron chi connectivity index (χ4n) is 2.61. The lowest BCUT2D eigenvalue weighted by Gasteiger charge is -2.24. The second kappa shape index (κ2) is 6.93. The Morgan fingerprint density at radius 1 is 1.12 bits per heavy atom. The second-order valence-electron chi connectivity index (χ2n) is 5.65. The van der Waals surface area contributed by atoms with E-state index in [4.69, 9.17) is 4.42 Å². The molecule has 0 aliphatic rings. The first kappa shape index (κ1) is 17.0. The fourth-order valence-corrected chi connectivity index (χ4v) is 2.61. The summed E-state index contributed by atoms with van der Waals surface area (Å²) in [4.78, 5) is 14.2. The van der Waals surface area contributed by atoms with E-state index in [0.717, 1.165) is 11.0 Å². The van der Waals surface area contributed by atoms with Crippen LogP contribution in [0.5, 0.6) is 5.75 Å². The van der Waals surface area contributed by atoms with Crippen LogP contribution in [0.2, 0.25) is 0 Å². The zero-order valence-corrected chi connectivity index (χ0v) is 13.8. The van der Waals surface area contributed by atoms with Gasteiger partial charge in [0, 0.05) is 12.4 Å². The maximum absolute atomic E-state index is 12.7. The number of halogens is 2. The molecule has 0 N–H and O–H groups in total. The van der Waals surface area contributed by atoms with E-state index in [1.807, 2.05) is 37.3 Å². The topological polar surface area (TPSA) is 42.7 Å². The molecule has 1 atom stereocenters. The second-order valence-corrected chi connectivity index (χ2v) is 5.65. The van der Waals surface area contributed by atoms with Crippen molar-refractivity contribution in [2.45, 2.75) is 19.6 Å². The highest BCUT2D eigenvalue weighted by atomic mass is 19.3. The number of furan rings is 1. The SMILES string of the molecule is C[C@@H](c1cc2ccccc2o1)N(C)C(=O)c1ccccc1OC(F)F. The van der Waals surface area contributed by atoms with Gasteiger partial charge in [-0.15, -0.1) is 0 Å². The third kappa shape index (κ3) is 3.47. The van der Waals surface area contributed by atoms with Crippen LogP contribution in [0.3, 0.4) is 0 Å². The summed E-state index contributed by atoms with van der Waals surface area (Å²) in [6, 6.07) is 15.0. The monoisotopic (exact) mass is 345 g/mol. The molecule has 0 saturated carbocycles. The highest BCUT2D eigenvalue weighted by molar-refractivity contribution is 5.97. The predicted molar refractivity (Wildman–Crippen MR) is 89.8 cm³/mol. The number of para-hydroxylation sites is 2. The van der Waals surface area contributed by atoms with Crippen LogP contribution in [0.1, 0.15) is 29.1 Å². The highest BCUT2D eigenvalue weighted by Crippen LogP contribution is 2.29. The lowest BCUT2D eigenvalue weighted by atomic mass is 10.1. The van der Waals surface area contributed by atoms with Crippen LogP contribution in [0.25, 0.3) is 11.0 Å². The molecule has 1 heterocycles. The van der Waals surface area contributed by atoms with Gasteiger partial charge >= 0.3 is 6.61 Å². The zero-order valence-electron chi connectivity index (χ0n) is 13.8. The lowest BCUT2D eigenvalue weighted by Crippen LogP contribution is -2.30. The van der Waals surface area contributed by atoms with Gasteiger partial charge in [-0.1, -0.05) is 30.3 Å². The Balaban J connectivity index is 1.87. The number of rotatable bonds is 5. The number of carbonyl (C=O) groups is 1. The average molecular weight is 345 g/mol. The molecule has 0 aliphatic heterocycles. The number of hydrogen-bond donors (Lipinski definition) is 0. The molecular weight excluding hydrogens is 328 g/mol. The van der Waals surface area contributed by atoms with Crippen molar-refractivity contribution in [2.75, 3.05) is 7.05 Å². The maximum Gasteiger partial charge on any atom is 0.387 e. The van der Waals surface area contributed by atoms with Crippen molar-refractivity contribution in [1.29, 1.82) is 0 Å². The van der Waals surface area contributed by atoms with Crippen LogP contribution in [-0.2, 0) is 0 Å². The van der Waals surface area contributed by atoms with Crippen LogP contribution < -0.4 is 4.74 Å². The summed E-state index contributed by atoms with van der Waals surface area (Å²) in [6.45, 7) is -1.18. The molecule has 0 saturated heterocycles. The van der Waals surface area contributed by atoms with Crippen LogP contribution in [-0.4, -0.2) is 24.5 Å². The smallest absolute Gasteiger partial charge is 0.387 e. The van der Waals surface area contributed by atoms with Gasteiger partial charge in [0.05, 0.1) is 11.6 Å². The Bertz CT molecular complexity index is 858. The van der Waals surface area contributed by atoms with Crippen LogP contribution in [0.15, 0.2) is 59.0 Å². The zero-order chi connectivity index (χ0) is 18.0. The van der Waals surface area contributed by atoms with Crippen molar-refractivity contribution >= 4 is 16.9 Å². The van der Waals surface area contributed by atoms with Crippen molar-refractivity contribution in [3.05, 3.63) is 65.9 Å². The Kier molecular flexibility index (Phi) is 4.70. The van der Waals surface area contributed by atoms with E-state index in [9.17, 15) is 13.6 Å². The average Bonchev–Trinajstić information content (AvgIpc) is 3.04. The van der Waals surface area contributed by atoms with Crippen molar-refractivity contribution < 1.29 is 22.7 Å². The molecule has 1 amide bonds. The minimum atomic E-state index is -2.99. The summed E-state index contributed by atoms with van der Waals surface area (Å²) in [5.41, 5.74) is 0.805. The molecule has 4 nitrogen and oxygen atoms in total. The number of amides is 1. The van der Waals surface area contributed by atoms with Gasteiger partial charge < -0.3 is 14.1 Å². The van der Waals surface area contributed by atoms with Crippen LogP contribution in [0, 0.1) is 0 Å². The Hall–Kier alpha value is -2.89. The van der Waals surface area contributed by atoms with Gasteiger partial charge in [0.2, 0.25) is 0 Å². The molecule has 3 rings (SSSR count). The molecule has 0 bridgehead atoms. The summed E-state index contributed by atoms with van der Waals surface area (Å²) < 4.78 is 35.3. The molecule has 0 aliphatic carbocycles. The molecule has 6 heteroatoms. The van der Waals surface area contributed by atoms with E-state index < -0.39 is 12.5 Å². The minimum absolute atomic E-state index is 0.0771. The Morgan fingerprint density at radius 3 is 2.52 bits per heavy atom. The van der Waals surface area contributed by atoms with E-state index in [1.54, 1.807) is 13.1 Å². The van der Waals surface area contributed by atoms with Crippen LogP contribution in [0.4, 0.5) is 8.78 Å². The summed E-state index contributed by atoms with van der Waals surface area (Å²) in [7, 11) is 1.60. The molecule has 0 spiro atoms. The summed E-state index contributed by atoms with van der Waals surface area (Å²) in [5, 5.41) is 0.937. The van der Waals surface area contributed by atoms with Gasteiger partial charge in [0.1, 0.15) is 17.1 Å². The van der Waals surface area contributed by atoms with Gasteiger partial charge in [0.25, 0.3) is 5.91 Å². The van der Waals surface area contributed by atoms with Gasteiger partial charge in [0.15, 0.2) is 0 Å². The predicted octanol–water partition coefficient (Wildman–Crippen LogP) is 4.87. The number of hydrogen-bond acceptors (Lipinski definition) is 3. The standard InChI is InChI=1S/C19H17F2NO3/c1-12(17-11-13-7-3-5-9-15(13)24-17)22(2)18(23)14-8-4-6-10-16(14)25-19(20)21/h3-12,19H,1-2H3/t12-/m0/s1. The van der Waals surface area contributed by atoms with E-state index >= 15 is 0 Å². The van der Waals surface area contributed by atoms with Crippen molar-refractivity contribution in [1.82, 2.24) is 4.90 Å². The third-order valence-electron chi connectivity index (χ3n) is 4.09. The molecule has 2 aromatic carbocycles. The van der Waals surface area contributed by atoms with Gasteiger partial charge in [-0.25, -0.2) is 0 Å². The fraction of sp³-hybridized carbons (Fsp3) is 0.211. The molecule has 0 unspecified atom stereocenters. The van der Waals surface area contributed by atoms with Crippen molar-refractivity contribution in [3.63, 3.8) is 0 Å². The molecule has 0 radical (unpaired) electrons. The van der Waals surface area contributed by atoms with E-state index in [2.05, 4.69) is 4.74 Å². The lowest BCUT2D eigenvalue weighted by molar-refractivity contribution is -0.0503. The van der Waals surface area contributed by atoms with E-state index in [-0.39, 0.29) is 17.4 Å². The maximum atomic E-state index is 12.7. The van der Waals surface area contributed by atoms with Gasteiger partial charge in [-0.2, -0.15) is 8.78 Å².